The minimum atomic E-state index is -0.0829. The molecular formula is C18H26N2O. The zero-order valence-electron chi connectivity index (χ0n) is 13.4. The van der Waals surface area contributed by atoms with Gasteiger partial charge in [0.1, 0.15) is 6.17 Å². The van der Waals surface area contributed by atoms with Crippen molar-refractivity contribution in [2.45, 2.75) is 58.7 Å². The molecule has 2 unspecified atom stereocenters. The van der Waals surface area contributed by atoms with Gasteiger partial charge < -0.3 is 4.90 Å². The molecular weight excluding hydrogens is 260 g/mol. The molecule has 0 aromatic heterocycles. The molecule has 2 atom stereocenters. The van der Waals surface area contributed by atoms with Crippen LogP contribution in [0.25, 0.3) is 0 Å². The van der Waals surface area contributed by atoms with E-state index in [1.54, 1.807) is 0 Å². The Labute approximate surface area is 127 Å². The van der Waals surface area contributed by atoms with E-state index >= 15 is 0 Å². The minimum Gasteiger partial charge on any atom is -0.321 e. The van der Waals surface area contributed by atoms with E-state index in [0.29, 0.717) is 5.41 Å². The Balaban J connectivity index is 1.86. The maximum Gasteiger partial charge on any atom is 0.241 e. The van der Waals surface area contributed by atoms with Crippen molar-refractivity contribution in [3.63, 3.8) is 0 Å². The van der Waals surface area contributed by atoms with Gasteiger partial charge >= 0.3 is 0 Å². The van der Waals surface area contributed by atoms with Gasteiger partial charge in [0.15, 0.2) is 0 Å². The van der Waals surface area contributed by atoms with Gasteiger partial charge in [-0.2, -0.15) is 0 Å². The third-order valence-corrected chi connectivity index (χ3v) is 5.09. The van der Waals surface area contributed by atoms with E-state index in [-0.39, 0.29) is 18.1 Å². The van der Waals surface area contributed by atoms with Gasteiger partial charge in [-0.1, -0.05) is 49.6 Å². The molecule has 1 aliphatic heterocycles. The number of hydrogen-bond acceptors (Lipinski definition) is 2. The highest BCUT2D eigenvalue weighted by molar-refractivity contribution is 5.84. The van der Waals surface area contributed by atoms with Crippen LogP contribution in [0, 0.1) is 12.3 Å². The van der Waals surface area contributed by atoms with Crippen LogP contribution in [0.15, 0.2) is 24.3 Å². The second kappa shape index (κ2) is 5.45. The molecule has 0 bridgehead atoms. The summed E-state index contributed by atoms with van der Waals surface area (Å²) >= 11 is 0. The first-order valence-corrected chi connectivity index (χ1v) is 8.12. The molecule has 1 amide bonds. The lowest BCUT2D eigenvalue weighted by atomic mass is 9.88. The van der Waals surface area contributed by atoms with E-state index in [4.69, 9.17) is 0 Å². The summed E-state index contributed by atoms with van der Waals surface area (Å²) in [6.45, 7) is 7.29. The highest BCUT2D eigenvalue weighted by Crippen LogP contribution is 2.40. The van der Waals surface area contributed by atoms with Crippen molar-refractivity contribution in [3.8, 4) is 0 Å². The van der Waals surface area contributed by atoms with Gasteiger partial charge in [0, 0.05) is 6.54 Å². The molecule has 1 aliphatic carbocycles. The lowest BCUT2D eigenvalue weighted by Gasteiger charge is -2.33. The van der Waals surface area contributed by atoms with Crippen LogP contribution in [-0.4, -0.2) is 23.4 Å². The van der Waals surface area contributed by atoms with E-state index < -0.39 is 0 Å². The van der Waals surface area contributed by atoms with Gasteiger partial charge in [-0.05, 0) is 37.7 Å². The second-order valence-corrected chi connectivity index (χ2v) is 7.19. The van der Waals surface area contributed by atoms with Crippen molar-refractivity contribution in [2.24, 2.45) is 5.41 Å². The summed E-state index contributed by atoms with van der Waals surface area (Å²) in [6.07, 6.45) is 5.12. The van der Waals surface area contributed by atoms with Crippen LogP contribution >= 0.6 is 0 Å². The molecule has 3 rings (SSSR count). The normalized spacial score (nSPS) is 28.3. The Morgan fingerprint density at radius 1 is 1.33 bits per heavy atom. The van der Waals surface area contributed by atoms with E-state index in [2.05, 4.69) is 48.3 Å². The monoisotopic (exact) mass is 286 g/mol. The number of carbonyl (C=O) groups excluding carboxylic acids is 1. The van der Waals surface area contributed by atoms with Crippen LogP contribution in [0.5, 0.6) is 0 Å². The molecule has 1 saturated heterocycles. The van der Waals surface area contributed by atoms with Gasteiger partial charge in [-0.15, -0.1) is 0 Å². The predicted molar refractivity (Wildman–Crippen MR) is 84.8 cm³/mol. The molecule has 1 N–H and O–H groups in total. The average Bonchev–Trinajstić information content (AvgIpc) is 2.98. The van der Waals surface area contributed by atoms with Crippen LogP contribution < -0.4 is 5.32 Å². The van der Waals surface area contributed by atoms with Crippen molar-refractivity contribution in [1.82, 2.24) is 10.2 Å². The molecule has 1 aromatic rings. The van der Waals surface area contributed by atoms with Crippen molar-refractivity contribution in [2.75, 3.05) is 6.54 Å². The number of carbonyl (C=O) groups is 1. The fraction of sp³-hybridized carbons (Fsp3) is 0.611. The van der Waals surface area contributed by atoms with Crippen molar-refractivity contribution < 1.29 is 4.79 Å². The van der Waals surface area contributed by atoms with Crippen LogP contribution in [0.4, 0.5) is 0 Å². The molecule has 2 fully saturated rings. The molecule has 1 saturated carbocycles. The molecule has 2 aliphatic rings. The zero-order valence-corrected chi connectivity index (χ0v) is 13.4. The average molecular weight is 286 g/mol. The Hall–Kier alpha value is -1.35. The van der Waals surface area contributed by atoms with Gasteiger partial charge in [0.05, 0.1) is 6.04 Å². The number of rotatable bonds is 3. The number of hydrogen-bond donors (Lipinski definition) is 1. The highest BCUT2D eigenvalue weighted by atomic mass is 16.2. The van der Waals surface area contributed by atoms with E-state index in [1.807, 2.05) is 6.92 Å². The first-order chi connectivity index (χ1) is 9.98. The number of benzene rings is 1. The Bertz CT molecular complexity index is 534. The Morgan fingerprint density at radius 3 is 2.71 bits per heavy atom. The van der Waals surface area contributed by atoms with E-state index in [1.165, 1.54) is 36.8 Å². The van der Waals surface area contributed by atoms with Crippen molar-refractivity contribution in [1.29, 1.82) is 0 Å². The van der Waals surface area contributed by atoms with Gasteiger partial charge in [-0.25, -0.2) is 0 Å². The second-order valence-electron chi connectivity index (χ2n) is 7.19. The summed E-state index contributed by atoms with van der Waals surface area (Å²) in [6, 6.07) is 8.41. The maximum atomic E-state index is 12.6. The number of nitrogens with zero attached hydrogens (tertiary/aromatic N) is 1. The largest absolute Gasteiger partial charge is 0.321 e. The molecule has 3 nitrogen and oxygen atoms in total. The van der Waals surface area contributed by atoms with Crippen LogP contribution in [0.3, 0.4) is 0 Å². The molecule has 0 spiro atoms. The summed E-state index contributed by atoms with van der Waals surface area (Å²) in [5, 5.41) is 3.46. The van der Waals surface area contributed by atoms with Crippen molar-refractivity contribution in [3.05, 3.63) is 35.4 Å². The van der Waals surface area contributed by atoms with Crippen molar-refractivity contribution >= 4 is 5.91 Å². The summed E-state index contributed by atoms with van der Waals surface area (Å²) < 4.78 is 0. The standard InChI is InChI=1S/C18H26N2O/c1-13-7-6-8-15(11-13)16-19-14(2)17(21)20(16)12-18(3)9-4-5-10-18/h6-8,11,14,16,19H,4-5,9-10,12H2,1-3H3. The molecule has 1 aromatic carbocycles. The quantitative estimate of drug-likeness (QED) is 0.923. The molecule has 3 heteroatoms. The Kier molecular flexibility index (Phi) is 3.78. The van der Waals surface area contributed by atoms with Crippen LogP contribution in [0.2, 0.25) is 0 Å². The Morgan fingerprint density at radius 2 is 2.05 bits per heavy atom. The number of amides is 1. The van der Waals surface area contributed by atoms with Gasteiger partial charge in [0.2, 0.25) is 5.91 Å². The molecule has 114 valence electrons. The smallest absolute Gasteiger partial charge is 0.241 e. The highest BCUT2D eigenvalue weighted by Gasteiger charge is 2.41. The number of aryl methyl sites for hydroxylation is 1. The fourth-order valence-electron chi connectivity index (χ4n) is 3.86. The molecule has 0 radical (unpaired) electrons. The first kappa shape index (κ1) is 14.6. The summed E-state index contributed by atoms with van der Waals surface area (Å²) in [7, 11) is 0. The first-order valence-electron chi connectivity index (χ1n) is 8.12. The third-order valence-electron chi connectivity index (χ3n) is 5.09. The minimum absolute atomic E-state index is 0.0322. The SMILES string of the molecule is Cc1cccc(C2NC(C)C(=O)N2CC2(C)CCCC2)c1. The maximum absolute atomic E-state index is 12.6. The summed E-state index contributed by atoms with van der Waals surface area (Å²) in [5.41, 5.74) is 2.74. The molecule has 1 heterocycles. The van der Waals surface area contributed by atoms with Gasteiger partial charge in [-0.3, -0.25) is 10.1 Å². The lowest BCUT2D eigenvalue weighted by molar-refractivity contribution is -0.131. The number of nitrogens with one attached hydrogen (secondary N) is 1. The topological polar surface area (TPSA) is 32.3 Å². The zero-order chi connectivity index (χ0) is 15.0. The summed E-state index contributed by atoms with van der Waals surface area (Å²) in [4.78, 5) is 14.6. The van der Waals surface area contributed by atoms with Crippen LogP contribution in [0.1, 0.15) is 56.8 Å². The fourth-order valence-corrected chi connectivity index (χ4v) is 3.86. The van der Waals surface area contributed by atoms with Gasteiger partial charge in [0.25, 0.3) is 0 Å². The molecule has 21 heavy (non-hydrogen) atoms. The van der Waals surface area contributed by atoms with E-state index in [9.17, 15) is 4.79 Å². The lowest BCUT2D eigenvalue weighted by Crippen LogP contribution is -2.38. The summed E-state index contributed by atoms with van der Waals surface area (Å²) in [5.74, 6) is 0.245. The van der Waals surface area contributed by atoms with E-state index in [0.717, 1.165) is 6.54 Å². The third kappa shape index (κ3) is 2.84. The van der Waals surface area contributed by atoms with Crippen LogP contribution in [-0.2, 0) is 4.79 Å². The predicted octanol–water partition coefficient (Wildman–Crippen LogP) is 3.39.